The molecule has 0 spiro atoms. The molecule has 1 amide bonds. The maximum atomic E-state index is 12.8. The van der Waals surface area contributed by atoms with Gasteiger partial charge >= 0.3 is 0 Å². The predicted octanol–water partition coefficient (Wildman–Crippen LogP) is 4.52. The Morgan fingerprint density at radius 3 is 2.35 bits per heavy atom. The first-order valence-corrected chi connectivity index (χ1v) is 9.33. The average molecular weight is 391 g/mol. The van der Waals surface area contributed by atoms with Gasteiger partial charge in [-0.2, -0.15) is 5.10 Å². The van der Waals surface area contributed by atoms with Crippen LogP contribution in [0.15, 0.2) is 53.6 Å². The van der Waals surface area contributed by atoms with E-state index in [0.29, 0.717) is 21.2 Å². The second kappa shape index (κ2) is 8.21. The van der Waals surface area contributed by atoms with Gasteiger partial charge in [-0.15, -0.1) is 0 Å². The van der Waals surface area contributed by atoms with Gasteiger partial charge in [-0.1, -0.05) is 66.4 Å². The molecule has 2 aromatic rings. The Morgan fingerprint density at radius 1 is 1.12 bits per heavy atom. The summed E-state index contributed by atoms with van der Waals surface area (Å²) in [6.45, 7) is 0. The molecule has 0 aliphatic heterocycles. The summed E-state index contributed by atoms with van der Waals surface area (Å²) in [5, 5.41) is 16.3. The van der Waals surface area contributed by atoms with Crippen molar-refractivity contribution in [1.82, 2.24) is 5.43 Å². The smallest absolute Gasteiger partial charge is 0.276 e. The van der Waals surface area contributed by atoms with Gasteiger partial charge in [-0.25, -0.2) is 5.43 Å². The van der Waals surface area contributed by atoms with Crippen LogP contribution >= 0.6 is 23.2 Å². The van der Waals surface area contributed by atoms with Gasteiger partial charge in [-0.3, -0.25) is 4.79 Å². The van der Waals surface area contributed by atoms with Crippen molar-refractivity contribution < 1.29 is 9.90 Å². The lowest BCUT2D eigenvalue weighted by Gasteiger charge is -2.32. The van der Waals surface area contributed by atoms with Crippen LogP contribution in [0.1, 0.15) is 36.8 Å². The minimum atomic E-state index is -1.60. The molecule has 3 rings (SSSR count). The van der Waals surface area contributed by atoms with Crippen LogP contribution in [-0.4, -0.2) is 17.2 Å². The third-order valence-electron chi connectivity index (χ3n) is 4.77. The first-order chi connectivity index (χ1) is 12.5. The van der Waals surface area contributed by atoms with Gasteiger partial charge in [0, 0.05) is 16.0 Å². The van der Waals surface area contributed by atoms with Crippen molar-refractivity contribution in [3.63, 3.8) is 0 Å². The summed E-state index contributed by atoms with van der Waals surface area (Å²) in [5.41, 5.74) is 2.13. The summed E-state index contributed by atoms with van der Waals surface area (Å²) in [4.78, 5) is 12.8. The number of carbonyl (C=O) groups excluding carboxylic acids is 1. The minimum absolute atomic E-state index is 0.124. The summed E-state index contributed by atoms with van der Waals surface area (Å²) in [7, 11) is 0. The first kappa shape index (κ1) is 18.9. The van der Waals surface area contributed by atoms with E-state index in [9.17, 15) is 9.90 Å². The first-order valence-electron chi connectivity index (χ1n) is 8.57. The zero-order valence-electron chi connectivity index (χ0n) is 14.2. The molecule has 0 heterocycles. The molecule has 1 saturated carbocycles. The summed E-state index contributed by atoms with van der Waals surface area (Å²) in [5.74, 6) is -0.652. The van der Waals surface area contributed by atoms with E-state index in [2.05, 4.69) is 10.5 Å². The van der Waals surface area contributed by atoms with Crippen LogP contribution in [0.2, 0.25) is 10.0 Å². The van der Waals surface area contributed by atoms with E-state index in [-0.39, 0.29) is 5.92 Å². The number of nitrogens with zero attached hydrogens (tertiary/aromatic N) is 1. The predicted molar refractivity (Wildman–Crippen MR) is 104 cm³/mol. The van der Waals surface area contributed by atoms with Crippen molar-refractivity contribution in [2.45, 2.75) is 31.3 Å². The third-order valence-corrected chi connectivity index (χ3v) is 5.21. The summed E-state index contributed by atoms with van der Waals surface area (Å²) < 4.78 is 0. The van der Waals surface area contributed by atoms with Gasteiger partial charge in [0.15, 0.2) is 5.60 Å². The van der Waals surface area contributed by atoms with Crippen LogP contribution < -0.4 is 5.43 Å². The van der Waals surface area contributed by atoms with Crippen molar-refractivity contribution >= 4 is 35.3 Å². The van der Waals surface area contributed by atoms with Gasteiger partial charge in [0.05, 0.1) is 6.21 Å². The lowest BCUT2D eigenvalue weighted by Crippen LogP contribution is -2.47. The second-order valence-corrected chi connectivity index (χ2v) is 7.39. The molecule has 0 saturated heterocycles. The molecule has 1 aliphatic carbocycles. The molecular formula is C20H20Cl2N2O2. The number of halogens is 2. The van der Waals surface area contributed by atoms with E-state index < -0.39 is 11.5 Å². The number of benzene rings is 2. The molecule has 2 N–H and O–H groups in total. The highest BCUT2D eigenvalue weighted by atomic mass is 35.5. The van der Waals surface area contributed by atoms with E-state index >= 15 is 0 Å². The Kier molecular flexibility index (Phi) is 5.97. The Morgan fingerprint density at radius 2 is 1.73 bits per heavy atom. The van der Waals surface area contributed by atoms with Gasteiger partial charge < -0.3 is 5.11 Å². The number of amides is 1. The monoisotopic (exact) mass is 390 g/mol. The molecule has 136 valence electrons. The van der Waals surface area contributed by atoms with E-state index in [4.69, 9.17) is 23.2 Å². The molecule has 0 aromatic heterocycles. The van der Waals surface area contributed by atoms with E-state index in [1.165, 1.54) is 6.21 Å². The zero-order chi connectivity index (χ0) is 18.6. The fourth-order valence-corrected chi connectivity index (χ4v) is 4.03. The SMILES string of the molecule is O=C(N/N=C/c1cc(Cl)cc(Cl)c1)C(O)(c1ccccc1)C1CCCC1. The summed E-state index contributed by atoms with van der Waals surface area (Å²) >= 11 is 11.9. The quantitative estimate of drug-likeness (QED) is 0.582. The van der Waals surface area contributed by atoms with E-state index in [1.54, 1.807) is 30.3 Å². The van der Waals surface area contributed by atoms with Crippen LogP contribution in [0.25, 0.3) is 0 Å². The Bertz CT molecular complexity index is 784. The van der Waals surface area contributed by atoms with Crippen molar-refractivity contribution in [3.8, 4) is 0 Å². The average Bonchev–Trinajstić information content (AvgIpc) is 3.16. The minimum Gasteiger partial charge on any atom is -0.375 e. The van der Waals surface area contributed by atoms with Gasteiger partial charge in [-0.05, 0) is 42.2 Å². The number of hydrogen-bond donors (Lipinski definition) is 2. The van der Waals surface area contributed by atoms with Crippen LogP contribution in [0.5, 0.6) is 0 Å². The fourth-order valence-electron chi connectivity index (χ4n) is 3.49. The number of carbonyl (C=O) groups is 1. The molecule has 1 atom stereocenters. The highest BCUT2D eigenvalue weighted by Gasteiger charge is 2.46. The van der Waals surface area contributed by atoms with Crippen molar-refractivity contribution in [2.75, 3.05) is 0 Å². The lowest BCUT2D eigenvalue weighted by atomic mass is 9.79. The molecular weight excluding hydrogens is 371 g/mol. The molecule has 6 heteroatoms. The van der Waals surface area contributed by atoms with Crippen molar-refractivity contribution in [2.24, 2.45) is 11.0 Å². The van der Waals surface area contributed by atoms with Crippen molar-refractivity contribution in [1.29, 1.82) is 0 Å². The van der Waals surface area contributed by atoms with E-state index in [1.807, 2.05) is 18.2 Å². The molecule has 2 aromatic carbocycles. The maximum Gasteiger partial charge on any atom is 0.276 e. The molecule has 4 nitrogen and oxygen atoms in total. The third kappa shape index (κ3) is 4.09. The van der Waals surface area contributed by atoms with E-state index in [0.717, 1.165) is 25.7 Å². The highest BCUT2D eigenvalue weighted by molar-refractivity contribution is 6.35. The highest BCUT2D eigenvalue weighted by Crippen LogP contribution is 2.40. The van der Waals surface area contributed by atoms with Gasteiger partial charge in [0.2, 0.25) is 0 Å². The molecule has 1 fully saturated rings. The van der Waals surface area contributed by atoms with Crippen molar-refractivity contribution in [3.05, 3.63) is 69.7 Å². The summed E-state index contributed by atoms with van der Waals surface area (Å²) in [6, 6.07) is 14.0. The zero-order valence-corrected chi connectivity index (χ0v) is 15.7. The normalized spacial score (nSPS) is 17.3. The molecule has 0 radical (unpaired) electrons. The molecule has 26 heavy (non-hydrogen) atoms. The standard InChI is InChI=1S/C20H20Cl2N2O2/c21-17-10-14(11-18(22)12-17)13-23-24-19(25)20(26,16-8-4-5-9-16)15-6-2-1-3-7-15/h1-3,6-7,10-13,16,26H,4-5,8-9H2,(H,24,25)/b23-13+. The Labute approximate surface area is 162 Å². The van der Waals surface area contributed by atoms with Crippen LogP contribution in [0.3, 0.4) is 0 Å². The fraction of sp³-hybridized carbons (Fsp3) is 0.300. The largest absolute Gasteiger partial charge is 0.375 e. The topological polar surface area (TPSA) is 61.7 Å². The Hall–Kier alpha value is -1.88. The number of nitrogens with one attached hydrogen (secondary N) is 1. The number of hydrazone groups is 1. The van der Waals surface area contributed by atoms with Crippen LogP contribution in [0, 0.1) is 5.92 Å². The number of hydrogen-bond acceptors (Lipinski definition) is 3. The number of rotatable bonds is 5. The molecule has 1 aliphatic rings. The molecule has 1 unspecified atom stereocenters. The second-order valence-electron chi connectivity index (χ2n) is 6.52. The number of aliphatic hydroxyl groups is 1. The molecule has 0 bridgehead atoms. The maximum absolute atomic E-state index is 12.8. The van der Waals surface area contributed by atoms with Crippen LogP contribution in [-0.2, 0) is 10.4 Å². The van der Waals surface area contributed by atoms with Gasteiger partial charge in [0.25, 0.3) is 5.91 Å². The van der Waals surface area contributed by atoms with Crippen LogP contribution in [0.4, 0.5) is 0 Å². The Balaban J connectivity index is 1.81. The van der Waals surface area contributed by atoms with Gasteiger partial charge in [0.1, 0.15) is 0 Å². The summed E-state index contributed by atoms with van der Waals surface area (Å²) in [6.07, 6.45) is 5.10. The lowest BCUT2D eigenvalue weighted by molar-refractivity contribution is -0.147.